The van der Waals surface area contributed by atoms with Crippen molar-refractivity contribution < 1.29 is 14.3 Å². The smallest absolute Gasteiger partial charge is 0.246 e. The number of likely N-dealkylation sites (tertiary alicyclic amines) is 1. The number of carbonyl (C=O) groups excluding carboxylic acids is 2. The molecule has 0 saturated carbocycles. The number of rotatable bonds is 7. The fraction of sp³-hybridized carbons (Fsp3) is 0.500. The first-order chi connectivity index (χ1) is 12.2. The molecular formula is C20H28N2O3. The Morgan fingerprint density at radius 2 is 1.96 bits per heavy atom. The molecule has 0 aliphatic carbocycles. The van der Waals surface area contributed by atoms with Gasteiger partial charge in [0.25, 0.3) is 0 Å². The van der Waals surface area contributed by atoms with Crippen molar-refractivity contribution in [2.75, 3.05) is 26.2 Å². The highest BCUT2D eigenvalue weighted by Gasteiger charge is 2.26. The summed E-state index contributed by atoms with van der Waals surface area (Å²) in [5.41, 5.74) is 0.895. The van der Waals surface area contributed by atoms with Gasteiger partial charge >= 0.3 is 0 Å². The topological polar surface area (TPSA) is 58.6 Å². The summed E-state index contributed by atoms with van der Waals surface area (Å²) in [6.45, 7) is 6.54. The van der Waals surface area contributed by atoms with E-state index in [9.17, 15) is 9.59 Å². The van der Waals surface area contributed by atoms with E-state index >= 15 is 0 Å². The Kier molecular flexibility index (Phi) is 7.51. The Morgan fingerprint density at radius 1 is 1.24 bits per heavy atom. The Balaban J connectivity index is 1.87. The lowest BCUT2D eigenvalue weighted by Crippen LogP contribution is -2.42. The van der Waals surface area contributed by atoms with E-state index in [2.05, 4.69) is 5.32 Å². The fourth-order valence-corrected chi connectivity index (χ4v) is 2.93. The van der Waals surface area contributed by atoms with E-state index in [4.69, 9.17) is 4.74 Å². The summed E-state index contributed by atoms with van der Waals surface area (Å²) in [5.74, 6) is 0.910. The molecule has 1 heterocycles. The number of piperidine rings is 1. The molecule has 0 bridgehead atoms. The molecule has 0 unspecified atom stereocenters. The second kappa shape index (κ2) is 9.87. The number of hydrogen-bond acceptors (Lipinski definition) is 3. The molecule has 1 saturated heterocycles. The minimum absolute atomic E-state index is 0.0151. The molecule has 2 amide bonds. The van der Waals surface area contributed by atoms with Crippen LogP contribution in [0.2, 0.25) is 0 Å². The number of carbonyl (C=O) groups is 2. The van der Waals surface area contributed by atoms with Crippen molar-refractivity contribution in [3.63, 3.8) is 0 Å². The molecule has 1 aromatic rings. The first-order valence-corrected chi connectivity index (χ1v) is 9.12. The monoisotopic (exact) mass is 344 g/mol. The molecular weight excluding hydrogens is 316 g/mol. The van der Waals surface area contributed by atoms with Gasteiger partial charge in [-0.25, -0.2) is 0 Å². The van der Waals surface area contributed by atoms with Crippen LogP contribution < -0.4 is 10.1 Å². The van der Waals surface area contributed by atoms with Crippen molar-refractivity contribution in [1.82, 2.24) is 10.2 Å². The van der Waals surface area contributed by atoms with Gasteiger partial charge in [0, 0.05) is 37.2 Å². The number of nitrogens with one attached hydrogen (secondary N) is 1. The van der Waals surface area contributed by atoms with Crippen LogP contribution in [0.4, 0.5) is 0 Å². The Labute approximate surface area is 150 Å². The van der Waals surface area contributed by atoms with Crippen molar-refractivity contribution >= 4 is 17.9 Å². The summed E-state index contributed by atoms with van der Waals surface area (Å²) in [6, 6.07) is 7.67. The first kappa shape index (κ1) is 19.0. The largest absolute Gasteiger partial charge is 0.493 e. The first-order valence-electron chi connectivity index (χ1n) is 9.12. The number of benzene rings is 1. The molecule has 0 atom stereocenters. The number of amides is 2. The van der Waals surface area contributed by atoms with E-state index in [0.29, 0.717) is 19.7 Å². The van der Waals surface area contributed by atoms with Crippen LogP contribution in [0.25, 0.3) is 6.08 Å². The van der Waals surface area contributed by atoms with Crippen LogP contribution in [-0.4, -0.2) is 43.0 Å². The maximum Gasteiger partial charge on any atom is 0.246 e. The molecule has 25 heavy (non-hydrogen) atoms. The molecule has 1 N–H and O–H groups in total. The Morgan fingerprint density at radius 3 is 2.64 bits per heavy atom. The fourth-order valence-electron chi connectivity index (χ4n) is 2.93. The molecule has 1 aromatic carbocycles. The highest BCUT2D eigenvalue weighted by Crippen LogP contribution is 2.21. The van der Waals surface area contributed by atoms with Crippen LogP contribution >= 0.6 is 0 Å². The van der Waals surface area contributed by atoms with Gasteiger partial charge in [0.05, 0.1) is 6.61 Å². The van der Waals surface area contributed by atoms with Crippen molar-refractivity contribution in [3.05, 3.63) is 35.9 Å². The summed E-state index contributed by atoms with van der Waals surface area (Å²) >= 11 is 0. The molecule has 0 aromatic heterocycles. The number of nitrogens with zero attached hydrogens (tertiary/aromatic N) is 1. The van der Waals surface area contributed by atoms with E-state index in [0.717, 1.165) is 37.1 Å². The molecule has 1 aliphatic heterocycles. The second-order valence-corrected chi connectivity index (χ2v) is 6.19. The average Bonchev–Trinajstić information content (AvgIpc) is 2.65. The summed E-state index contributed by atoms with van der Waals surface area (Å²) < 4.78 is 5.57. The number of para-hydroxylation sites is 1. The van der Waals surface area contributed by atoms with E-state index in [1.165, 1.54) is 0 Å². The van der Waals surface area contributed by atoms with Gasteiger partial charge in [-0.1, -0.05) is 25.1 Å². The van der Waals surface area contributed by atoms with Crippen LogP contribution in [-0.2, 0) is 9.59 Å². The van der Waals surface area contributed by atoms with Crippen molar-refractivity contribution in [1.29, 1.82) is 0 Å². The Bertz CT molecular complexity index is 605. The molecule has 5 nitrogen and oxygen atoms in total. The van der Waals surface area contributed by atoms with Crippen LogP contribution in [0.15, 0.2) is 30.3 Å². The summed E-state index contributed by atoms with van der Waals surface area (Å²) in [6.07, 6.45) is 5.79. The van der Waals surface area contributed by atoms with Crippen LogP contribution in [0.1, 0.15) is 38.7 Å². The van der Waals surface area contributed by atoms with Crippen LogP contribution in [0.5, 0.6) is 5.75 Å². The third-order valence-electron chi connectivity index (χ3n) is 4.35. The second-order valence-electron chi connectivity index (χ2n) is 6.19. The molecule has 0 spiro atoms. The van der Waals surface area contributed by atoms with Gasteiger partial charge in [-0.05, 0) is 38.3 Å². The van der Waals surface area contributed by atoms with Crippen molar-refractivity contribution in [3.8, 4) is 5.75 Å². The Hall–Kier alpha value is -2.30. The molecule has 5 heteroatoms. The molecule has 2 rings (SSSR count). The van der Waals surface area contributed by atoms with Crippen LogP contribution in [0, 0.1) is 5.92 Å². The minimum Gasteiger partial charge on any atom is -0.493 e. The standard InChI is InChI=1S/C20H28N2O3/c1-3-13-21-20(24)17-11-14-22(15-12-17)19(23)10-9-16-7-5-6-8-18(16)25-4-2/h5-10,17H,3-4,11-15H2,1-2H3,(H,21,24)/b10-9+. The molecule has 1 fully saturated rings. The zero-order valence-electron chi connectivity index (χ0n) is 15.2. The highest BCUT2D eigenvalue weighted by molar-refractivity contribution is 5.92. The molecule has 136 valence electrons. The van der Waals surface area contributed by atoms with E-state index in [1.54, 1.807) is 12.2 Å². The lowest BCUT2D eigenvalue weighted by atomic mass is 9.96. The van der Waals surface area contributed by atoms with Gasteiger partial charge in [-0.2, -0.15) is 0 Å². The van der Waals surface area contributed by atoms with Gasteiger partial charge in [0.2, 0.25) is 11.8 Å². The maximum absolute atomic E-state index is 12.4. The third kappa shape index (κ3) is 5.62. The van der Waals surface area contributed by atoms with E-state index < -0.39 is 0 Å². The summed E-state index contributed by atoms with van der Waals surface area (Å²) in [7, 11) is 0. The van der Waals surface area contributed by atoms with Gasteiger partial charge < -0.3 is 15.0 Å². The quantitative estimate of drug-likeness (QED) is 0.774. The van der Waals surface area contributed by atoms with E-state index in [1.807, 2.05) is 43.0 Å². The lowest BCUT2D eigenvalue weighted by Gasteiger charge is -2.30. The normalized spacial score (nSPS) is 15.4. The highest BCUT2D eigenvalue weighted by atomic mass is 16.5. The molecule has 1 aliphatic rings. The van der Waals surface area contributed by atoms with Gasteiger partial charge in [0.1, 0.15) is 5.75 Å². The lowest BCUT2D eigenvalue weighted by molar-refractivity contribution is -0.132. The predicted octanol–water partition coefficient (Wildman–Crippen LogP) is 2.86. The van der Waals surface area contributed by atoms with Crippen molar-refractivity contribution in [2.24, 2.45) is 5.92 Å². The number of hydrogen-bond donors (Lipinski definition) is 1. The zero-order valence-corrected chi connectivity index (χ0v) is 15.2. The van der Waals surface area contributed by atoms with Crippen molar-refractivity contribution in [2.45, 2.75) is 33.1 Å². The zero-order chi connectivity index (χ0) is 18.1. The minimum atomic E-state index is -0.0151. The average molecular weight is 344 g/mol. The third-order valence-corrected chi connectivity index (χ3v) is 4.35. The van der Waals surface area contributed by atoms with Gasteiger partial charge in [0.15, 0.2) is 0 Å². The molecule has 0 radical (unpaired) electrons. The summed E-state index contributed by atoms with van der Waals surface area (Å²) in [4.78, 5) is 26.2. The van der Waals surface area contributed by atoms with Gasteiger partial charge in [-0.3, -0.25) is 9.59 Å². The number of ether oxygens (including phenoxy) is 1. The van der Waals surface area contributed by atoms with Gasteiger partial charge in [-0.15, -0.1) is 0 Å². The SMILES string of the molecule is CCCNC(=O)C1CCN(C(=O)/C=C/c2ccccc2OCC)CC1. The maximum atomic E-state index is 12.4. The van der Waals surface area contributed by atoms with E-state index in [-0.39, 0.29) is 17.7 Å². The predicted molar refractivity (Wildman–Crippen MR) is 99.2 cm³/mol. The van der Waals surface area contributed by atoms with Crippen LogP contribution in [0.3, 0.4) is 0 Å². The summed E-state index contributed by atoms with van der Waals surface area (Å²) in [5, 5.41) is 2.94.